The van der Waals surface area contributed by atoms with Crippen LogP contribution >= 0.6 is 0 Å². The van der Waals surface area contributed by atoms with Crippen LogP contribution in [0.1, 0.15) is 19.8 Å². The highest BCUT2D eigenvalue weighted by atomic mass is 32.2. The zero-order valence-corrected chi connectivity index (χ0v) is 7.60. The summed E-state index contributed by atoms with van der Waals surface area (Å²) < 4.78 is 27.9. The van der Waals surface area contributed by atoms with Crippen LogP contribution in [-0.2, 0) is 14.3 Å². The zero-order valence-electron chi connectivity index (χ0n) is 6.78. The molecule has 0 saturated carbocycles. The largest absolute Gasteiger partial charge is 0.305 e. The van der Waals surface area contributed by atoms with Crippen molar-refractivity contribution in [3.05, 3.63) is 0 Å². The summed E-state index contributed by atoms with van der Waals surface area (Å²) in [6.07, 6.45) is 1.48. The van der Waals surface area contributed by atoms with Crippen LogP contribution < -0.4 is 5.32 Å². The molecule has 3 aliphatic heterocycles. The molecule has 0 aromatic carbocycles. The fourth-order valence-corrected chi connectivity index (χ4v) is 4.86. The molecule has 0 radical (unpaired) electrons. The number of hydrogen-bond acceptors (Lipinski definition) is 4. The first-order valence-corrected chi connectivity index (χ1v) is 5.69. The third-order valence-electron chi connectivity index (χ3n) is 3.45. The molecule has 4 atom stereocenters. The molecule has 3 rings (SSSR count). The van der Waals surface area contributed by atoms with E-state index in [1.807, 2.05) is 6.92 Å². The highest BCUT2D eigenvalue weighted by Crippen LogP contribution is 2.49. The van der Waals surface area contributed by atoms with E-state index in [9.17, 15) is 8.42 Å². The van der Waals surface area contributed by atoms with E-state index in [-0.39, 0.29) is 16.9 Å². The Hall–Kier alpha value is -0.130. The van der Waals surface area contributed by atoms with Crippen LogP contribution in [0, 0.1) is 0 Å². The lowest BCUT2D eigenvalue weighted by atomic mass is 9.87. The molecule has 3 saturated heterocycles. The molecule has 2 bridgehead atoms. The maximum Gasteiger partial charge on any atom is 0.272 e. The van der Waals surface area contributed by atoms with Crippen LogP contribution in [0.5, 0.6) is 0 Å². The molecule has 3 aliphatic rings. The zero-order chi connectivity index (χ0) is 8.56. The van der Waals surface area contributed by atoms with Crippen molar-refractivity contribution in [2.45, 2.75) is 42.7 Å². The van der Waals surface area contributed by atoms with Gasteiger partial charge in [-0.2, -0.15) is 8.42 Å². The SMILES string of the molecule is CC12NC3CC1OS(=O)(=O)C2C3. The number of nitrogens with one attached hydrogen (secondary N) is 1. The highest BCUT2D eigenvalue weighted by molar-refractivity contribution is 7.87. The van der Waals surface area contributed by atoms with E-state index >= 15 is 0 Å². The Kier molecular flexibility index (Phi) is 1.04. The van der Waals surface area contributed by atoms with Gasteiger partial charge in [-0.05, 0) is 19.8 Å². The van der Waals surface area contributed by atoms with Crippen LogP contribution in [0.4, 0.5) is 0 Å². The van der Waals surface area contributed by atoms with Gasteiger partial charge >= 0.3 is 0 Å². The normalized spacial score (nSPS) is 59.6. The Balaban J connectivity index is 2.20. The summed E-state index contributed by atoms with van der Waals surface area (Å²) in [6.45, 7) is 1.96. The summed E-state index contributed by atoms with van der Waals surface area (Å²) in [5.41, 5.74) is -0.288. The molecular formula is C7H11NO3S. The highest BCUT2D eigenvalue weighted by Gasteiger charge is 2.66. The van der Waals surface area contributed by atoms with E-state index in [0.717, 1.165) is 12.8 Å². The summed E-state index contributed by atoms with van der Waals surface area (Å²) in [6, 6.07) is 0.363. The monoisotopic (exact) mass is 189 g/mol. The van der Waals surface area contributed by atoms with Gasteiger partial charge in [-0.25, -0.2) is 0 Å². The van der Waals surface area contributed by atoms with Gasteiger partial charge in [-0.15, -0.1) is 0 Å². The molecule has 3 heterocycles. The molecule has 0 aliphatic carbocycles. The van der Waals surface area contributed by atoms with Crippen molar-refractivity contribution in [2.75, 3.05) is 0 Å². The Morgan fingerprint density at radius 2 is 2.25 bits per heavy atom. The molecule has 12 heavy (non-hydrogen) atoms. The molecule has 4 unspecified atom stereocenters. The number of fused-ring (bicyclic) bond motifs is 1. The summed E-state index contributed by atoms with van der Waals surface area (Å²) in [5, 5.41) is 3.02. The molecule has 5 heteroatoms. The van der Waals surface area contributed by atoms with E-state index in [0.29, 0.717) is 6.04 Å². The predicted molar refractivity (Wildman–Crippen MR) is 42.1 cm³/mol. The quantitative estimate of drug-likeness (QED) is 0.527. The first-order valence-electron chi connectivity index (χ1n) is 4.22. The second-order valence-corrected chi connectivity index (χ2v) is 5.91. The van der Waals surface area contributed by atoms with Gasteiger partial charge in [0.1, 0.15) is 5.25 Å². The van der Waals surface area contributed by atoms with Crippen molar-refractivity contribution >= 4 is 10.1 Å². The van der Waals surface area contributed by atoms with Gasteiger partial charge in [-0.3, -0.25) is 4.18 Å². The fraction of sp³-hybridized carbons (Fsp3) is 1.00. The fourth-order valence-electron chi connectivity index (χ4n) is 2.84. The minimum absolute atomic E-state index is 0.105. The standard InChI is InChI=1S/C7H11NO3S/c1-7-5-2-4(8-7)3-6(7)12(9,10)11-5/h4-6,8H,2-3H2,1H3. The lowest BCUT2D eigenvalue weighted by Gasteiger charge is -2.22. The Morgan fingerprint density at radius 1 is 1.50 bits per heavy atom. The average Bonchev–Trinajstić information content (AvgIpc) is 2.39. The van der Waals surface area contributed by atoms with E-state index in [1.54, 1.807) is 0 Å². The van der Waals surface area contributed by atoms with E-state index in [1.165, 1.54) is 0 Å². The van der Waals surface area contributed by atoms with Gasteiger partial charge < -0.3 is 5.32 Å². The lowest BCUT2D eigenvalue weighted by molar-refractivity contribution is 0.179. The van der Waals surface area contributed by atoms with Gasteiger partial charge in [0.15, 0.2) is 0 Å². The van der Waals surface area contributed by atoms with Crippen molar-refractivity contribution in [3.63, 3.8) is 0 Å². The summed E-state index contributed by atoms with van der Waals surface area (Å²) in [5.74, 6) is 0. The van der Waals surface area contributed by atoms with Crippen LogP contribution in [-0.4, -0.2) is 31.4 Å². The van der Waals surface area contributed by atoms with Gasteiger partial charge in [0.05, 0.1) is 11.6 Å². The van der Waals surface area contributed by atoms with Gasteiger partial charge in [0.25, 0.3) is 10.1 Å². The van der Waals surface area contributed by atoms with Gasteiger partial charge in [0, 0.05) is 6.04 Å². The first kappa shape index (κ1) is 7.29. The Bertz CT molecular complexity index is 339. The average molecular weight is 189 g/mol. The number of hydrogen-bond donors (Lipinski definition) is 1. The predicted octanol–water partition coefficient (Wildman–Crippen LogP) is -0.392. The van der Waals surface area contributed by atoms with Crippen LogP contribution in [0.3, 0.4) is 0 Å². The van der Waals surface area contributed by atoms with Crippen molar-refractivity contribution in [1.82, 2.24) is 5.32 Å². The molecule has 1 N–H and O–H groups in total. The molecule has 4 nitrogen and oxygen atoms in total. The summed E-state index contributed by atoms with van der Waals surface area (Å²) >= 11 is 0. The second kappa shape index (κ2) is 1.71. The Morgan fingerprint density at radius 3 is 2.75 bits per heavy atom. The van der Waals surface area contributed by atoms with Gasteiger partial charge in [0.2, 0.25) is 0 Å². The van der Waals surface area contributed by atoms with E-state index in [2.05, 4.69) is 5.32 Å². The molecule has 0 amide bonds. The maximum atomic E-state index is 11.4. The van der Waals surface area contributed by atoms with Gasteiger partial charge in [-0.1, -0.05) is 0 Å². The van der Waals surface area contributed by atoms with E-state index in [4.69, 9.17) is 4.18 Å². The van der Waals surface area contributed by atoms with Crippen LogP contribution in [0.25, 0.3) is 0 Å². The van der Waals surface area contributed by atoms with Crippen molar-refractivity contribution < 1.29 is 12.6 Å². The molecule has 0 aromatic heterocycles. The van der Waals surface area contributed by atoms with E-state index < -0.39 is 10.1 Å². The third kappa shape index (κ3) is 0.604. The Labute approximate surface area is 71.4 Å². The summed E-state index contributed by atoms with van der Waals surface area (Å²) in [7, 11) is -3.25. The second-order valence-electron chi connectivity index (χ2n) is 4.16. The van der Waals surface area contributed by atoms with Crippen molar-refractivity contribution in [3.8, 4) is 0 Å². The minimum Gasteiger partial charge on any atom is -0.305 e. The molecular weight excluding hydrogens is 178 g/mol. The molecule has 68 valence electrons. The third-order valence-corrected chi connectivity index (χ3v) is 5.33. The topological polar surface area (TPSA) is 55.4 Å². The minimum atomic E-state index is -3.25. The summed E-state index contributed by atoms with van der Waals surface area (Å²) in [4.78, 5) is 0. The molecule has 3 fully saturated rings. The molecule has 0 aromatic rings. The van der Waals surface area contributed by atoms with Crippen LogP contribution in [0.15, 0.2) is 0 Å². The van der Waals surface area contributed by atoms with Crippen molar-refractivity contribution in [2.24, 2.45) is 0 Å². The smallest absolute Gasteiger partial charge is 0.272 e. The lowest BCUT2D eigenvalue weighted by Crippen LogP contribution is -2.46. The molecule has 0 spiro atoms. The van der Waals surface area contributed by atoms with Crippen molar-refractivity contribution in [1.29, 1.82) is 0 Å². The number of rotatable bonds is 0. The first-order chi connectivity index (χ1) is 5.52. The van der Waals surface area contributed by atoms with Crippen LogP contribution in [0.2, 0.25) is 0 Å². The maximum absolute atomic E-state index is 11.4.